The first kappa shape index (κ1) is 15.3. The van der Waals surface area contributed by atoms with Gasteiger partial charge in [0, 0.05) is 18.9 Å². The first-order chi connectivity index (χ1) is 9.92. The molecule has 1 heterocycles. The molecule has 0 unspecified atom stereocenters. The van der Waals surface area contributed by atoms with Crippen molar-refractivity contribution in [1.82, 2.24) is 14.5 Å². The van der Waals surface area contributed by atoms with Crippen molar-refractivity contribution in [2.24, 2.45) is 7.05 Å². The van der Waals surface area contributed by atoms with Crippen LogP contribution in [0.3, 0.4) is 0 Å². The zero-order chi connectivity index (χ0) is 15.5. The van der Waals surface area contributed by atoms with Gasteiger partial charge in [-0.3, -0.25) is 4.68 Å². The number of aromatic nitrogens is 2. The number of nitrogens with zero attached hydrogens (tertiary/aromatic N) is 2. The van der Waals surface area contributed by atoms with Crippen LogP contribution in [0, 0.1) is 0 Å². The molecule has 2 aromatic rings. The molecule has 0 atom stereocenters. The van der Waals surface area contributed by atoms with Crippen LogP contribution in [0.4, 0.5) is 5.69 Å². The average Bonchev–Trinajstić information content (AvgIpc) is 2.85. The van der Waals surface area contributed by atoms with Gasteiger partial charge in [0.25, 0.3) is 0 Å². The minimum absolute atomic E-state index is 0.0280. The summed E-state index contributed by atoms with van der Waals surface area (Å²) < 4.78 is 34.2. The van der Waals surface area contributed by atoms with Crippen LogP contribution in [0.5, 0.6) is 5.75 Å². The summed E-state index contributed by atoms with van der Waals surface area (Å²) in [5.74, 6) is 0.278. The number of nitrogens with two attached hydrogens (primary N) is 1. The molecule has 0 saturated heterocycles. The van der Waals surface area contributed by atoms with Gasteiger partial charge in [-0.05, 0) is 31.2 Å². The molecule has 0 radical (unpaired) electrons. The molecule has 21 heavy (non-hydrogen) atoms. The molecule has 0 saturated carbocycles. The third-order valence-electron chi connectivity index (χ3n) is 2.77. The normalized spacial score (nSPS) is 11.5. The van der Waals surface area contributed by atoms with E-state index in [0.717, 1.165) is 0 Å². The minimum Gasteiger partial charge on any atom is -0.492 e. The number of anilines is 1. The summed E-state index contributed by atoms with van der Waals surface area (Å²) in [5.41, 5.74) is 6.65. The zero-order valence-electron chi connectivity index (χ0n) is 11.9. The fourth-order valence-electron chi connectivity index (χ4n) is 1.81. The molecule has 8 heteroatoms. The van der Waals surface area contributed by atoms with E-state index in [2.05, 4.69) is 9.82 Å². The Balaban J connectivity index is 2.24. The maximum Gasteiger partial charge on any atom is 0.244 e. The lowest BCUT2D eigenvalue weighted by atomic mass is 10.3. The molecule has 0 aliphatic rings. The van der Waals surface area contributed by atoms with Crippen LogP contribution in [0.25, 0.3) is 0 Å². The average molecular weight is 310 g/mol. The standard InChI is InChI=1S/C13H18N4O3S/c1-3-20-12-5-4-10(14)8-13(12)21(18,19)15-9-11-6-7-17(2)16-11/h4-8,15H,3,9,14H2,1-2H3. The molecule has 0 aliphatic carbocycles. The van der Waals surface area contributed by atoms with Crippen LogP contribution >= 0.6 is 0 Å². The van der Waals surface area contributed by atoms with E-state index in [-0.39, 0.29) is 17.2 Å². The quantitative estimate of drug-likeness (QED) is 0.772. The third kappa shape index (κ3) is 3.73. The summed E-state index contributed by atoms with van der Waals surface area (Å²) in [5, 5.41) is 4.12. The summed E-state index contributed by atoms with van der Waals surface area (Å²) in [4.78, 5) is 0.0280. The minimum atomic E-state index is -3.73. The van der Waals surface area contributed by atoms with Crippen LogP contribution < -0.4 is 15.2 Å². The van der Waals surface area contributed by atoms with Gasteiger partial charge >= 0.3 is 0 Å². The molecule has 7 nitrogen and oxygen atoms in total. The predicted molar refractivity (Wildman–Crippen MR) is 79.3 cm³/mol. The molecule has 1 aromatic carbocycles. The van der Waals surface area contributed by atoms with E-state index >= 15 is 0 Å². The summed E-state index contributed by atoms with van der Waals surface area (Å²) in [7, 11) is -1.96. The molecule has 0 bridgehead atoms. The number of nitrogen functional groups attached to an aromatic ring is 1. The number of nitrogens with one attached hydrogen (secondary N) is 1. The van der Waals surface area contributed by atoms with Gasteiger partial charge < -0.3 is 10.5 Å². The highest BCUT2D eigenvalue weighted by Gasteiger charge is 2.20. The van der Waals surface area contributed by atoms with E-state index in [4.69, 9.17) is 10.5 Å². The Kier molecular flexibility index (Phi) is 4.49. The highest BCUT2D eigenvalue weighted by Crippen LogP contribution is 2.26. The Hall–Kier alpha value is -2.06. The summed E-state index contributed by atoms with van der Waals surface area (Å²) >= 11 is 0. The fraction of sp³-hybridized carbons (Fsp3) is 0.308. The molecule has 0 aliphatic heterocycles. The number of rotatable bonds is 6. The number of benzene rings is 1. The molecule has 114 valence electrons. The summed E-state index contributed by atoms with van der Waals surface area (Å²) in [6, 6.07) is 6.27. The van der Waals surface area contributed by atoms with Gasteiger partial charge in [-0.25, -0.2) is 13.1 Å². The van der Waals surface area contributed by atoms with Crippen LogP contribution in [0.2, 0.25) is 0 Å². The molecule has 0 amide bonds. The number of hydrogen-bond acceptors (Lipinski definition) is 5. The van der Waals surface area contributed by atoms with Gasteiger partial charge in [-0.2, -0.15) is 5.10 Å². The van der Waals surface area contributed by atoms with Gasteiger partial charge in [0.15, 0.2) is 0 Å². The second-order valence-electron chi connectivity index (χ2n) is 4.44. The SMILES string of the molecule is CCOc1ccc(N)cc1S(=O)(=O)NCc1ccn(C)n1. The van der Waals surface area contributed by atoms with E-state index in [9.17, 15) is 8.42 Å². The van der Waals surface area contributed by atoms with E-state index < -0.39 is 10.0 Å². The maximum atomic E-state index is 12.4. The molecule has 3 N–H and O–H groups in total. The highest BCUT2D eigenvalue weighted by atomic mass is 32.2. The van der Waals surface area contributed by atoms with Gasteiger partial charge in [0.1, 0.15) is 10.6 Å². The highest BCUT2D eigenvalue weighted by molar-refractivity contribution is 7.89. The second kappa shape index (κ2) is 6.15. The number of sulfonamides is 1. The van der Waals surface area contributed by atoms with Crippen molar-refractivity contribution < 1.29 is 13.2 Å². The summed E-state index contributed by atoms with van der Waals surface area (Å²) in [6.45, 7) is 2.25. The van der Waals surface area contributed by atoms with Crippen molar-refractivity contribution in [3.05, 3.63) is 36.2 Å². The molecule has 1 aromatic heterocycles. The van der Waals surface area contributed by atoms with Crippen LogP contribution in [-0.2, 0) is 23.6 Å². The Bertz CT molecular complexity index is 725. The molecule has 0 fully saturated rings. The summed E-state index contributed by atoms with van der Waals surface area (Å²) in [6.07, 6.45) is 1.75. The van der Waals surface area contributed by atoms with Crippen molar-refractivity contribution >= 4 is 15.7 Å². The van der Waals surface area contributed by atoms with Crippen molar-refractivity contribution in [3.63, 3.8) is 0 Å². The monoisotopic (exact) mass is 310 g/mol. The lowest BCUT2D eigenvalue weighted by Crippen LogP contribution is -2.24. The van der Waals surface area contributed by atoms with Gasteiger partial charge in [0.2, 0.25) is 10.0 Å². The van der Waals surface area contributed by atoms with Gasteiger partial charge in [0.05, 0.1) is 18.8 Å². The van der Waals surface area contributed by atoms with Crippen molar-refractivity contribution in [2.75, 3.05) is 12.3 Å². The van der Waals surface area contributed by atoms with Crippen LogP contribution in [0.1, 0.15) is 12.6 Å². The molecule has 0 spiro atoms. The Labute approximate surface area is 123 Å². The van der Waals surface area contributed by atoms with E-state index in [1.807, 2.05) is 0 Å². The van der Waals surface area contributed by atoms with Gasteiger partial charge in [-0.15, -0.1) is 0 Å². The smallest absolute Gasteiger partial charge is 0.244 e. The van der Waals surface area contributed by atoms with E-state index in [1.165, 1.54) is 6.07 Å². The lowest BCUT2D eigenvalue weighted by molar-refractivity contribution is 0.331. The van der Waals surface area contributed by atoms with Gasteiger partial charge in [-0.1, -0.05) is 0 Å². The molecule has 2 rings (SSSR count). The topological polar surface area (TPSA) is 99.2 Å². The Morgan fingerprint density at radius 2 is 2.14 bits per heavy atom. The zero-order valence-corrected chi connectivity index (χ0v) is 12.7. The first-order valence-electron chi connectivity index (χ1n) is 6.43. The van der Waals surface area contributed by atoms with E-state index in [1.54, 1.807) is 43.0 Å². The molecular weight excluding hydrogens is 292 g/mol. The maximum absolute atomic E-state index is 12.4. The second-order valence-corrected chi connectivity index (χ2v) is 6.18. The Morgan fingerprint density at radius 3 is 2.76 bits per heavy atom. The number of aryl methyl sites for hydroxylation is 1. The number of ether oxygens (including phenoxy) is 1. The Morgan fingerprint density at radius 1 is 1.38 bits per heavy atom. The van der Waals surface area contributed by atoms with Crippen molar-refractivity contribution in [3.8, 4) is 5.75 Å². The predicted octanol–water partition coefficient (Wildman–Crippen LogP) is 0.879. The largest absolute Gasteiger partial charge is 0.492 e. The number of hydrogen-bond donors (Lipinski definition) is 2. The van der Waals surface area contributed by atoms with E-state index in [0.29, 0.717) is 18.0 Å². The molecular formula is C13H18N4O3S. The first-order valence-corrected chi connectivity index (χ1v) is 7.91. The van der Waals surface area contributed by atoms with Crippen molar-refractivity contribution in [1.29, 1.82) is 0 Å². The lowest BCUT2D eigenvalue weighted by Gasteiger charge is -2.12. The fourth-order valence-corrected chi connectivity index (χ4v) is 2.99. The van der Waals surface area contributed by atoms with Crippen LogP contribution in [-0.4, -0.2) is 24.8 Å². The van der Waals surface area contributed by atoms with Crippen LogP contribution in [0.15, 0.2) is 35.4 Å². The third-order valence-corrected chi connectivity index (χ3v) is 4.19. The van der Waals surface area contributed by atoms with Crippen molar-refractivity contribution in [2.45, 2.75) is 18.4 Å².